The zero-order valence-corrected chi connectivity index (χ0v) is 18.6. The second kappa shape index (κ2) is 8.58. The van der Waals surface area contributed by atoms with Crippen molar-refractivity contribution in [2.45, 2.75) is 50.2 Å². The van der Waals surface area contributed by atoms with Gasteiger partial charge < -0.3 is 14.7 Å². The van der Waals surface area contributed by atoms with Gasteiger partial charge in [-0.2, -0.15) is 5.10 Å². The molecule has 32 heavy (non-hydrogen) atoms. The lowest BCUT2D eigenvalue weighted by atomic mass is 9.84. The summed E-state index contributed by atoms with van der Waals surface area (Å²) in [7, 11) is 1.67. The number of rotatable bonds is 6. The van der Waals surface area contributed by atoms with E-state index >= 15 is 0 Å². The van der Waals surface area contributed by atoms with Crippen molar-refractivity contribution in [1.82, 2.24) is 4.90 Å². The van der Waals surface area contributed by atoms with Crippen LogP contribution in [0.2, 0.25) is 0 Å². The first kappa shape index (κ1) is 21.0. The molecule has 2 heterocycles. The number of piperidine rings is 1. The fraction of sp³-hybridized carbons (Fsp3) is 0.462. The molecule has 3 aliphatic rings. The van der Waals surface area contributed by atoms with Crippen molar-refractivity contribution in [1.29, 1.82) is 0 Å². The van der Waals surface area contributed by atoms with Crippen molar-refractivity contribution in [3.8, 4) is 16.9 Å². The van der Waals surface area contributed by atoms with Crippen LogP contribution in [0.25, 0.3) is 11.1 Å². The first-order valence-corrected chi connectivity index (χ1v) is 11.6. The normalized spacial score (nSPS) is 22.2. The van der Waals surface area contributed by atoms with E-state index in [1.165, 1.54) is 0 Å². The Labute approximate surface area is 189 Å². The minimum absolute atomic E-state index is 0.122. The van der Waals surface area contributed by atoms with Crippen LogP contribution < -0.4 is 9.75 Å². The highest BCUT2D eigenvalue weighted by Crippen LogP contribution is 2.37. The third kappa shape index (κ3) is 4.37. The van der Waals surface area contributed by atoms with Crippen molar-refractivity contribution in [3.05, 3.63) is 48.5 Å². The molecule has 0 bridgehead atoms. The van der Waals surface area contributed by atoms with Crippen LogP contribution in [-0.4, -0.2) is 54.0 Å². The van der Waals surface area contributed by atoms with Crippen LogP contribution in [0.5, 0.6) is 5.75 Å². The zero-order valence-electron chi connectivity index (χ0n) is 18.6. The van der Waals surface area contributed by atoms with Gasteiger partial charge in [-0.05, 0) is 67.5 Å². The maximum absolute atomic E-state index is 12.3. The third-order valence-electron chi connectivity index (χ3n) is 7.01. The lowest BCUT2D eigenvalue weighted by molar-refractivity contribution is -0.137. The number of likely N-dealkylation sites (tertiary alicyclic amines) is 1. The largest absolute Gasteiger partial charge is 0.497 e. The molecular formula is C26H31N3O3. The Morgan fingerprint density at radius 3 is 2.56 bits per heavy atom. The fourth-order valence-electron chi connectivity index (χ4n) is 4.88. The zero-order chi connectivity index (χ0) is 22.1. The Morgan fingerprint density at radius 2 is 1.88 bits per heavy atom. The molecule has 0 aromatic heterocycles. The van der Waals surface area contributed by atoms with Crippen LogP contribution in [0.4, 0.5) is 5.69 Å². The highest BCUT2D eigenvalue weighted by molar-refractivity contribution is 5.81. The van der Waals surface area contributed by atoms with E-state index in [0.717, 1.165) is 41.8 Å². The van der Waals surface area contributed by atoms with Crippen LogP contribution >= 0.6 is 0 Å². The van der Waals surface area contributed by atoms with Crippen LogP contribution in [0.15, 0.2) is 53.6 Å². The molecule has 0 radical (unpaired) electrons. The number of nitrogens with zero attached hydrogens (tertiary/aromatic N) is 3. The molecule has 0 spiro atoms. The van der Waals surface area contributed by atoms with E-state index in [4.69, 9.17) is 4.74 Å². The minimum atomic E-state index is -0.745. The van der Waals surface area contributed by atoms with Gasteiger partial charge in [0.15, 0.2) is 0 Å². The molecular weight excluding hydrogens is 402 g/mol. The smallest absolute Gasteiger partial charge is 0.225 e. The summed E-state index contributed by atoms with van der Waals surface area (Å²) in [4.78, 5) is 14.3. The van der Waals surface area contributed by atoms with E-state index in [2.05, 4.69) is 41.5 Å². The van der Waals surface area contributed by atoms with E-state index in [9.17, 15) is 9.90 Å². The van der Waals surface area contributed by atoms with Gasteiger partial charge in [0.1, 0.15) is 5.75 Å². The average Bonchev–Trinajstić information content (AvgIpc) is 3.58. The summed E-state index contributed by atoms with van der Waals surface area (Å²) in [6.45, 7) is 1.32. The first-order chi connectivity index (χ1) is 15.5. The average molecular weight is 434 g/mol. The van der Waals surface area contributed by atoms with Crippen molar-refractivity contribution in [2.75, 3.05) is 25.2 Å². The van der Waals surface area contributed by atoms with Crippen molar-refractivity contribution >= 4 is 17.8 Å². The Hall–Kier alpha value is -2.86. The van der Waals surface area contributed by atoms with Gasteiger partial charge in [0.25, 0.3) is 0 Å². The van der Waals surface area contributed by atoms with Gasteiger partial charge in [-0.25, -0.2) is 0 Å². The Kier molecular flexibility index (Phi) is 5.64. The number of hydrazone groups is 1. The molecule has 1 atom stereocenters. The van der Waals surface area contributed by atoms with Gasteiger partial charge in [0, 0.05) is 31.6 Å². The summed E-state index contributed by atoms with van der Waals surface area (Å²) in [6, 6.07) is 16.5. The first-order valence-electron chi connectivity index (χ1n) is 11.6. The number of amides is 1. The Balaban J connectivity index is 1.26. The number of aliphatic hydroxyl groups is 1. The fourth-order valence-corrected chi connectivity index (χ4v) is 4.88. The molecule has 2 aliphatic heterocycles. The second-order valence-electron chi connectivity index (χ2n) is 9.34. The summed E-state index contributed by atoms with van der Waals surface area (Å²) in [5.41, 5.74) is 2.53. The summed E-state index contributed by atoms with van der Waals surface area (Å²) in [6.07, 6.45) is 6.77. The molecule has 168 valence electrons. The lowest BCUT2D eigenvalue weighted by Crippen LogP contribution is -2.49. The van der Waals surface area contributed by atoms with Crippen molar-refractivity contribution < 1.29 is 14.6 Å². The molecule has 5 rings (SSSR count). The Bertz CT molecular complexity index is 992. The lowest BCUT2D eigenvalue weighted by Gasteiger charge is -2.40. The standard InChI is InChI=1S/C26H31N3O3/c1-32-24-9-7-19(8-10-24)21-3-2-4-22(17-21)29-23(11-14-27-29)18-26(31)12-15-28(16-13-26)25(30)20-5-6-20/h2-4,7-10,14,17,20,23,31H,5-6,11-13,15-16,18H2,1H3. The molecule has 2 aromatic carbocycles. The number of hydrogen-bond acceptors (Lipinski definition) is 5. The SMILES string of the molecule is COc1ccc(-c2cccc(N3N=CCC3CC3(O)CCN(C(=O)C4CC4)CC3)c2)cc1. The van der Waals surface area contributed by atoms with Gasteiger partial charge in [-0.15, -0.1) is 0 Å². The number of hydrogen-bond donors (Lipinski definition) is 1. The topological polar surface area (TPSA) is 65.4 Å². The molecule has 1 saturated carbocycles. The van der Waals surface area contributed by atoms with Crippen LogP contribution in [0.1, 0.15) is 38.5 Å². The molecule has 2 aromatic rings. The maximum atomic E-state index is 12.3. The summed E-state index contributed by atoms with van der Waals surface area (Å²) < 4.78 is 5.27. The minimum Gasteiger partial charge on any atom is -0.497 e. The summed E-state index contributed by atoms with van der Waals surface area (Å²) in [5, 5.41) is 18.0. The number of anilines is 1. The van der Waals surface area contributed by atoms with Crippen LogP contribution in [-0.2, 0) is 4.79 Å². The van der Waals surface area contributed by atoms with Crippen LogP contribution in [0, 0.1) is 5.92 Å². The second-order valence-corrected chi connectivity index (χ2v) is 9.34. The van der Waals surface area contributed by atoms with Crippen molar-refractivity contribution in [3.63, 3.8) is 0 Å². The van der Waals surface area contributed by atoms with Gasteiger partial charge in [0.2, 0.25) is 5.91 Å². The number of carbonyl (C=O) groups excluding carboxylic acids is 1. The molecule has 6 nitrogen and oxygen atoms in total. The molecule has 1 saturated heterocycles. The molecule has 6 heteroatoms. The maximum Gasteiger partial charge on any atom is 0.225 e. The Morgan fingerprint density at radius 1 is 1.12 bits per heavy atom. The molecule has 1 amide bonds. The number of benzene rings is 2. The quantitative estimate of drug-likeness (QED) is 0.746. The monoisotopic (exact) mass is 433 g/mol. The number of methoxy groups -OCH3 is 1. The van der Waals surface area contributed by atoms with E-state index in [1.807, 2.05) is 28.3 Å². The van der Waals surface area contributed by atoms with Crippen molar-refractivity contribution in [2.24, 2.45) is 11.0 Å². The highest BCUT2D eigenvalue weighted by atomic mass is 16.5. The van der Waals surface area contributed by atoms with E-state index in [0.29, 0.717) is 32.4 Å². The molecule has 1 unspecified atom stereocenters. The summed E-state index contributed by atoms with van der Waals surface area (Å²) >= 11 is 0. The van der Waals surface area contributed by atoms with E-state index in [-0.39, 0.29) is 17.9 Å². The summed E-state index contributed by atoms with van der Waals surface area (Å²) in [5.74, 6) is 1.37. The molecule has 1 aliphatic carbocycles. The predicted octanol–water partition coefficient (Wildman–Crippen LogP) is 4.08. The predicted molar refractivity (Wildman–Crippen MR) is 126 cm³/mol. The third-order valence-corrected chi connectivity index (χ3v) is 7.01. The van der Waals surface area contributed by atoms with Gasteiger partial charge in [-0.1, -0.05) is 24.3 Å². The molecule has 1 N–H and O–H groups in total. The van der Waals surface area contributed by atoms with E-state index < -0.39 is 5.60 Å². The number of ether oxygens (including phenoxy) is 1. The van der Waals surface area contributed by atoms with E-state index in [1.54, 1.807) is 7.11 Å². The highest BCUT2D eigenvalue weighted by Gasteiger charge is 2.41. The van der Waals surface area contributed by atoms with Gasteiger partial charge in [0.05, 0.1) is 24.4 Å². The van der Waals surface area contributed by atoms with Crippen LogP contribution in [0.3, 0.4) is 0 Å². The van der Waals surface area contributed by atoms with Gasteiger partial charge in [-0.3, -0.25) is 9.80 Å². The molecule has 2 fully saturated rings. The van der Waals surface area contributed by atoms with Gasteiger partial charge >= 0.3 is 0 Å². The number of carbonyl (C=O) groups is 1.